The molecule has 1 aliphatic rings. The van der Waals surface area contributed by atoms with Crippen molar-refractivity contribution >= 4 is 5.97 Å². The highest BCUT2D eigenvalue weighted by atomic mass is 16.7. The summed E-state index contributed by atoms with van der Waals surface area (Å²) in [5, 5.41) is 0. The first-order chi connectivity index (χ1) is 6.53. The second kappa shape index (κ2) is 4.28. The monoisotopic (exact) mass is 198 g/mol. The van der Waals surface area contributed by atoms with E-state index in [-0.39, 0.29) is 12.7 Å². The molecule has 4 heteroatoms. The highest BCUT2D eigenvalue weighted by Crippen LogP contribution is 2.20. The smallest absolute Gasteiger partial charge is 0.330 e. The highest BCUT2D eigenvalue weighted by molar-refractivity contribution is 5.81. The van der Waals surface area contributed by atoms with E-state index in [2.05, 4.69) is 6.58 Å². The van der Waals surface area contributed by atoms with E-state index < -0.39 is 11.8 Å². The van der Waals surface area contributed by atoms with Crippen LogP contribution in [0.4, 0.5) is 0 Å². The summed E-state index contributed by atoms with van der Waals surface area (Å²) in [6.45, 7) is 7.05. The minimum absolute atomic E-state index is 0.175. The molecule has 1 heterocycles. The third-order valence-electron chi connectivity index (χ3n) is 1.64. The molecule has 0 spiro atoms. The van der Waals surface area contributed by atoms with Gasteiger partial charge in [0.05, 0.1) is 6.26 Å². The van der Waals surface area contributed by atoms with Crippen LogP contribution in [0.5, 0.6) is 0 Å². The second-order valence-electron chi connectivity index (χ2n) is 3.34. The lowest BCUT2D eigenvalue weighted by molar-refractivity contribution is -0.221. The van der Waals surface area contributed by atoms with Crippen LogP contribution >= 0.6 is 0 Å². The zero-order valence-corrected chi connectivity index (χ0v) is 8.36. The maximum atomic E-state index is 10.8. The SMILES string of the molecule is C=CC(=O)OCC1C=COC(C)(C)O1. The summed E-state index contributed by atoms with van der Waals surface area (Å²) in [6.07, 6.45) is 4.11. The van der Waals surface area contributed by atoms with Crippen LogP contribution in [0.2, 0.25) is 0 Å². The molecule has 1 atom stereocenters. The summed E-state index contributed by atoms with van der Waals surface area (Å²) in [4.78, 5) is 10.8. The Morgan fingerprint density at radius 1 is 1.71 bits per heavy atom. The minimum Gasteiger partial charge on any atom is -0.471 e. The van der Waals surface area contributed by atoms with Crippen LogP contribution in [-0.2, 0) is 19.0 Å². The molecular formula is C10H14O4. The van der Waals surface area contributed by atoms with Gasteiger partial charge in [0.2, 0.25) is 5.79 Å². The molecule has 1 unspecified atom stereocenters. The van der Waals surface area contributed by atoms with Gasteiger partial charge in [-0.05, 0) is 6.08 Å². The Balaban J connectivity index is 2.39. The molecule has 0 fully saturated rings. The van der Waals surface area contributed by atoms with E-state index in [0.29, 0.717) is 0 Å². The van der Waals surface area contributed by atoms with Crippen LogP contribution < -0.4 is 0 Å². The van der Waals surface area contributed by atoms with Gasteiger partial charge in [0, 0.05) is 19.9 Å². The molecule has 0 aromatic rings. The molecule has 0 amide bonds. The van der Waals surface area contributed by atoms with Crippen LogP contribution in [0.25, 0.3) is 0 Å². The van der Waals surface area contributed by atoms with Gasteiger partial charge in [0.1, 0.15) is 12.7 Å². The number of hydrogen-bond acceptors (Lipinski definition) is 4. The zero-order chi connectivity index (χ0) is 10.6. The Labute approximate surface area is 83.1 Å². The minimum atomic E-state index is -0.667. The van der Waals surface area contributed by atoms with E-state index in [1.54, 1.807) is 26.2 Å². The molecule has 4 nitrogen and oxygen atoms in total. The maximum Gasteiger partial charge on any atom is 0.330 e. The molecule has 0 bridgehead atoms. The van der Waals surface area contributed by atoms with E-state index >= 15 is 0 Å². The number of rotatable bonds is 3. The number of carbonyl (C=O) groups excluding carboxylic acids is 1. The van der Waals surface area contributed by atoms with Crippen molar-refractivity contribution in [3.05, 3.63) is 25.0 Å². The molecule has 0 radical (unpaired) electrons. The van der Waals surface area contributed by atoms with E-state index in [4.69, 9.17) is 14.2 Å². The molecule has 0 aromatic carbocycles. The van der Waals surface area contributed by atoms with Gasteiger partial charge >= 0.3 is 5.97 Å². The lowest BCUT2D eigenvalue weighted by atomic mass is 10.3. The number of carbonyl (C=O) groups is 1. The third-order valence-corrected chi connectivity index (χ3v) is 1.64. The van der Waals surface area contributed by atoms with E-state index in [1.807, 2.05) is 0 Å². The van der Waals surface area contributed by atoms with Crippen molar-refractivity contribution < 1.29 is 19.0 Å². The van der Waals surface area contributed by atoms with Gasteiger partial charge < -0.3 is 14.2 Å². The topological polar surface area (TPSA) is 44.8 Å². The van der Waals surface area contributed by atoms with Crippen LogP contribution in [-0.4, -0.2) is 24.5 Å². The van der Waals surface area contributed by atoms with Crippen molar-refractivity contribution in [2.75, 3.05) is 6.61 Å². The number of hydrogen-bond donors (Lipinski definition) is 0. The Hall–Kier alpha value is -1.29. The fourth-order valence-corrected chi connectivity index (χ4v) is 1.04. The van der Waals surface area contributed by atoms with Gasteiger partial charge in [0.15, 0.2) is 0 Å². The predicted octanol–water partition coefficient (Wildman–Crippen LogP) is 1.38. The highest BCUT2D eigenvalue weighted by Gasteiger charge is 2.26. The van der Waals surface area contributed by atoms with Crippen LogP contribution in [0, 0.1) is 0 Å². The maximum absolute atomic E-state index is 10.8. The lowest BCUT2D eigenvalue weighted by Crippen LogP contribution is -2.36. The molecule has 0 aliphatic carbocycles. The molecule has 0 aromatic heterocycles. The van der Waals surface area contributed by atoms with E-state index in [9.17, 15) is 4.79 Å². The van der Waals surface area contributed by atoms with Gasteiger partial charge in [-0.2, -0.15) is 0 Å². The van der Waals surface area contributed by atoms with Crippen molar-refractivity contribution in [3.8, 4) is 0 Å². The first kappa shape index (κ1) is 10.8. The lowest BCUT2D eigenvalue weighted by Gasteiger charge is -2.31. The fourth-order valence-electron chi connectivity index (χ4n) is 1.04. The van der Waals surface area contributed by atoms with Crippen molar-refractivity contribution in [3.63, 3.8) is 0 Å². The van der Waals surface area contributed by atoms with Gasteiger partial charge in [-0.1, -0.05) is 6.58 Å². The summed E-state index contributed by atoms with van der Waals surface area (Å²) in [7, 11) is 0. The van der Waals surface area contributed by atoms with Crippen LogP contribution in [0.3, 0.4) is 0 Å². The average molecular weight is 198 g/mol. The summed E-state index contributed by atoms with van der Waals surface area (Å²) in [6, 6.07) is 0. The summed E-state index contributed by atoms with van der Waals surface area (Å²) < 4.78 is 15.4. The summed E-state index contributed by atoms with van der Waals surface area (Å²) in [5.41, 5.74) is 0. The summed E-state index contributed by atoms with van der Waals surface area (Å²) in [5.74, 6) is -1.12. The molecule has 1 rings (SSSR count). The molecule has 78 valence electrons. The van der Waals surface area contributed by atoms with Crippen molar-refractivity contribution in [2.45, 2.75) is 25.7 Å². The molecular weight excluding hydrogens is 184 g/mol. The molecule has 1 aliphatic heterocycles. The largest absolute Gasteiger partial charge is 0.471 e. The van der Waals surface area contributed by atoms with E-state index in [1.165, 1.54) is 0 Å². The average Bonchev–Trinajstić information content (AvgIpc) is 2.12. The van der Waals surface area contributed by atoms with Gasteiger partial charge in [-0.3, -0.25) is 0 Å². The number of ether oxygens (including phenoxy) is 3. The zero-order valence-electron chi connectivity index (χ0n) is 8.36. The van der Waals surface area contributed by atoms with Crippen LogP contribution in [0.1, 0.15) is 13.8 Å². The van der Waals surface area contributed by atoms with Gasteiger partial charge in [-0.25, -0.2) is 4.79 Å². The van der Waals surface area contributed by atoms with Gasteiger partial charge in [0.25, 0.3) is 0 Å². The Bertz CT molecular complexity index is 255. The standard InChI is InChI=1S/C10H14O4/c1-4-9(11)12-7-8-5-6-13-10(2,3)14-8/h4-6,8H,1,7H2,2-3H3. The first-order valence-electron chi connectivity index (χ1n) is 4.35. The number of esters is 1. The quantitative estimate of drug-likeness (QED) is 0.507. The molecule has 0 N–H and O–H groups in total. The van der Waals surface area contributed by atoms with Gasteiger partial charge in [-0.15, -0.1) is 0 Å². The van der Waals surface area contributed by atoms with Crippen LogP contribution in [0.15, 0.2) is 25.0 Å². The third kappa shape index (κ3) is 3.22. The predicted molar refractivity (Wildman–Crippen MR) is 50.3 cm³/mol. The van der Waals surface area contributed by atoms with Crippen molar-refractivity contribution in [1.82, 2.24) is 0 Å². The first-order valence-corrected chi connectivity index (χ1v) is 4.35. The fraction of sp³-hybridized carbons (Fsp3) is 0.500. The molecule has 14 heavy (non-hydrogen) atoms. The normalized spacial score (nSPS) is 23.7. The molecule has 0 saturated carbocycles. The Kier molecular flexibility index (Phi) is 3.30. The Morgan fingerprint density at radius 3 is 3.00 bits per heavy atom. The Morgan fingerprint density at radius 2 is 2.43 bits per heavy atom. The van der Waals surface area contributed by atoms with E-state index in [0.717, 1.165) is 6.08 Å². The second-order valence-corrected chi connectivity index (χ2v) is 3.34. The summed E-state index contributed by atoms with van der Waals surface area (Å²) >= 11 is 0. The van der Waals surface area contributed by atoms with Crippen molar-refractivity contribution in [2.24, 2.45) is 0 Å². The van der Waals surface area contributed by atoms with Crippen molar-refractivity contribution in [1.29, 1.82) is 0 Å². The molecule has 0 saturated heterocycles.